The van der Waals surface area contributed by atoms with Gasteiger partial charge in [0.1, 0.15) is 11.4 Å². The predicted octanol–water partition coefficient (Wildman–Crippen LogP) is 3.01. The van der Waals surface area contributed by atoms with E-state index >= 15 is 0 Å². The summed E-state index contributed by atoms with van der Waals surface area (Å²) in [5.41, 5.74) is 8.69. The number of aliphatic imine (C=N–C) groups is 1. The highest BCUT2D eigenvalue weighted by Crippen LogP contribution is 2.40. The largest absolute Gasteiger partial charge is 0.463 e. The molecule has 1 amide bonds. The van der Waals surface area contributed by atoms with Crippen molar-refractivity contribution in [3.05, 3.63) is 41.2 Å². The van der Waals surface area contributed by atoms with Crippen LogP contribution in [0.15, 0.2) is 29.3 Å². The number of ether oxygens (including phenoxy) is 1. The summed E-state index contributed by atoms with van der Waals surface area (Å²) in [6.45, 7) is 5.65. The van der Waals surface area contributed by atoms with Crippen molar-refractivity contribution >= 4 is 33.1 Å². The van der Waals surface area contributed by atoms with Gasteiger partial charge in [0.05, 0.1) is 12.0 Å². The molecule has 1 aromatic carbocycles. The molecule has 4 rings (SSSR count). The van der Waals surface area contributed by atoms with E-state index in [0.717, 1.165) is 30.4 Å². The molecule has 1 aliphatic heterocycles. The van der Waals surface area contributed by atoms with Crippen molar-refractivity contribution < 1.29 is 17.9 Å². The number of carbonyl (C=O) groups excluding carboxylic acids is 1. The number of rotatable bonds is 4. The topological polar surface area (TPSA) is 137 Å². The molecule has 1 aliphatic carbocycles. The van der Waals surface area contributed by atoms with Gasteiger partial charge in [-0.05, 0) is 57.9 Å². The molecule has 0 atom stereocenters. The molecule has 2 aromatic rings. The number of amides is 1. The molecule has 10 heteroatoms. The number of aryl methyl sites for hydroxylation is 1. The molecule has 9 nitrogen and oxygen atoms in total. The third-order valence-corrected chi connectivity index (χ3v) is 6.75. The van der Waals surface area contributed by atoms with Crippen molar-refractivity contribution in [2.75, 3.05) is 12.0 Å². The third-order valence-electron chi connectivity index (χ3n) is 6.18. The molecule has 1 fully saturated rings. The van der Waals surface area contributed by atoms with Crippen LogP contribution in [0.5, 0.6) is 5.88 Å². The molecule has 0 spiro atoms. The van der Waals surface area contributed by atoms with Gasteiger partial charge in [-0.15, -0.1) is 0 Å². The number of anilines is 1. The summed E-state index contributed by atoms with van der Waals surface area (Å²) < 4.78 is 30.9. The van der Waals surface area contributed by atoms with Crippen molar-refractivity contribution in [3.8, 4) is 5.88 Å². The maximum Gasteiger partial charge on any atom is 0.246 e. The molecule has 176 valence electrons. The summed E-state index contributed by atoms with van der Waals surface area (Å²) in [5.74, 6) is 0.879. The lowest BCUT2D eigenvalue weighted by molar-refractivity contribution is -0.124. The Morgan fingerprint density at radius 1 is 1.12 bits per heavy atom. The van der Waals surface area contributed by atoms with E-state index in [1.54, 1.807) is 6.92 Å². The van der Waals surface area contributed by atoms with E-state index in [9.17, 15) is 13.2 Å². The van der Waals surface area contributed by atoms with Gasteiger partial charge in [0.2, 0.25) is 21.8 Å². The number of hydrogen-bond donors (Lipinski definition) is 2. The van der Waals surface area contributed by atoms with Gasteiger partial charge in [-0.3, -0.25) is 9.52 Å². The molecule has 0 saturated heterocycles. The monoisotopic (exact) mass is 471 g/mol. The van der Waals surface area contributed by atoms with E-state index in [-0.39, 0.29) is 5.92 Å². The predicted molar refractivity (Wildman–Crippen MR) is 126 cm³/mol. The fourth-order valence-electron chi connectivity index (χ4n) is 4.55. The summed E-state index contributed by atoms with van der Waals surface area (Å²) in [5, 5.41) is 0. The van der Waals surface area contributed by atoms with E-state index in [1.807, 2.05) is 26.0 Å². The van der Waals surface area contributed by atoms with Gasteiger partial charge in [-0.25, -0.2) is 18.4 Å². The lowest BCUT2D eigenvalue weighted by atomic mass is 9.78. The molecule has 1 aromatic heterocycles. The van der Waals surface area contributed by atoms with Gasteiger partial charge in [-0.1, -0.05) is 24.3 Å². The van der Waals surface area contributed by atoms with Crippen molar-refractivity contribution in [2.24, 2.45) is 10.9 Å². The van der Waals surface area contributed by atoms with E-state index in [2.05, 4.69) is 26.8 Å². The van der Waals surface area contributed by atoms with Crippen LogP contribution in [0.1, 0.15) is 62.4 Å². The van der Waals surface area contributed by atoms with Crippen molar-refractivity contribution in [3.63, 3.8) is 0 Å². The Balaban J connectivity index is 1.50. The molecule has 0 unspecified atom stereocenters. The second-order valence-electron chi connectivity index (χ2n) is 9.29. The highest BCUT2D eigenvalue weighted by Gasteiger charge is 2.35. The summed E-state index contributed by atoms with van der Waals surface area (Å²) in [4.78, 5) is 25.4. The maximum atomic E-state index is 12.1. The number of aromatic nitrogens is 2. The fourth-order valence-corrected chi connectivity index (χ4v) is 5.09. The Labute approximate surface area is 193 Å². The van der Waals surface area contributed by atoms with Crippen molar-refractivity contribution in [2.45, 2.75) is 58.0 Å². The maximum absolute atomic E-state index is 12.1. The third kappa shape index (κ3) is 5.00. The Hall–Kier alpha value is -3.01. The highest BCUT2D eigenvalue weighted by molar-refractivity contribution is 7.89. The van der Waals surface area contributed by atoms with Gasteiger partial charge in [-0.2, -0.15) is 4.98 Å². The zero-order chi connectivity index (χ0) is 24.0. The second-order valence-corrected chi connectivity index (χ2v) is 11.0. The molecule has 1 saturated carbocycles. The van der Waals surface area contributed by atoms with Crippen LogP contribution in [0, 0.1) is 12.8 Å². The first kappa shape index (κ1) is 23.2. The van der Waals surface area contributed by atoms with Crippen LogP contribution in [0.3, 0.4) is 0 Å². The number of nitrogens with two attached hydrogens (primary N) is 1. The Kier molecular flexibility index (Phi) is 5.90. The standard InChI is InChI=1S/C23H29N5O4S/c1-13-25-20(24)18-22(26-13)32-23(2,3)19(27-18)16-9-5-14(6-10-16)15-7-11-17(12-8-15)21(29)28-33(4,30)31/h5-6,9-10,15,17H,7-8,11-12H2,1-4H3,(H,28,29)(H2,24,25,26)/t15-,17-. The Bertz CT molecular complexity index is 1210. The molecule has 0 radical (unpaired) electrons. The Morgan fingerprint density at radius 2 is 1.76 bits per heavy atom. The van der Waals surface area contributed by atoms with Crippen molar-refractivity contribution in [1.82, 2.24) is 14.7 Å². The van der Waals surface area contributed by atoms with Crippen LogP contribution in [0.25, 0.3) is 0 Å². The number of nitrogen functional groups attached to an aromatic ring is 1. The summed E-state index contributed by atoms with van der Waals surface area (Å²) in [6.07, 6.45) is 3.99. The molecule has 3 N–H and O–H groups in total. The first-order valence-electron chi connectivity index (χ1n) is 11.0. The SMILES string of the molecule is Cc1nc(N)c2c(n1)OC(C)(C)C(c1ccc([C@H]3CC[C@H](C(=O)NS(C)(=O)=O)CC3)cc1)=N2. The normalized spacial score (nSPS) is 22.0. The van der Waals surface area contributed by atoms with Gasteiger partial charge in [0.25, 0.3) is 0 Å². The summed E-state index contributed by atoms with van der Waals surface area (Å²) in [6, 6.07) is 8.22. The van der Waals surface area contributed by atoms with Crippen LogP contribution in [-0.4, -0.2) is 41.9 Å². The van der Waals surface area contributed by atoms with E-state index in [1.165, 1.54) is 5.56 Å². The fraction of sp³-hybridized carbons (Fsp3) is 0.478. The average Bonchev–Trinajstić information content (AvgIpc) is 2.71. The van der Waals surface area contributed by atoms with E-state index in [4.69, 9.17) is 15.5 Å². The number of carbonyl (C=O) groups is 1. The zero-order valence-corrected chi connectivity index (χ0v) is 20.1. The molecule has 33 heavy (non-hydrogen) atoms. The van der Waals surface area contributed by atoms with Gasteiger partial charge < -0.3 is 10.5 Å². The Morgan fingerprint density at radius 3 is 2.36 bits per heavy atom. The number of fused-ring (bicyclic) bond motifs is 1. The summed E-state index contributed by atoms with van der Waals surface area (Å²) >= 11 is 0. The average molecular weight is 472 g/mol. The molecule has 0 bridgehead atoms. The van der Waals surface area contributed by atoms with Crippen LogP contribution < -0.4 is 15.2 Å². The first-order valence-corrected chi connectivity index (χ1v) is 12.9. The lowest BCUT2D eigenvalue weighted by Gasteiger charge is -2.32. The molecule has 2 aliphatic rings. The van der Waals surface area contributed by atoms with Crippen LogP contribution in [-0.2, 0) is 14.8 Å². The first-order chi connectivity index (χ1) is 15.4. The number of benzene rings is 1. The summed E-state index contributed by atoms with van der Waals surface area (Å²) in [7, 11) is -3.52. The molecular weight excluding hydrogens is 442 g/mol. The molecule has 2 heterocycles. The molecular formula is C23H29N5O4S. The number of sulfonamides is 1. The van der Waals surface area contributed by atoms with E-state index < -0.39 is 21.5 Å². The van der Waals surface area contributed by atoms with Gasteiger partial charge in [0.15, 0.2) is 11.5 Å². The zero-order valence-electron chi connectivity index (χ0n) is 19.3. The van der Waals surface area contributed by atoms with Crippen LogP contribution >= 0.6 is 0 Å². The minimum absolute atomic E-state index is 0.263. The number of nitrogens with zero attached hydrogens (tertiary/aromatic N) is 3. The van der Waals surface area contributed by atoms with E-state index in [0.29, 0.717) is 42.0 Å². The lowest BCUT2D eigenvalue weighted by Crippen LogP contribution is -2.41. The quantitative estimate of drug-likeness (QED) is 0.699. The van der Waals surface area contributed by atoms with Gasteiger partial charge in [0, 0.05) is 11.5 Å². The smallest absolute Gasteiger partial charge is 0.246 e. The highest BCUT2D eigenvalue weighted by atomic mass is 32.2. The minimum Gasteiger partial charge on any atom is -0.463 e. The van der Waals surface area contributed by atoms with Crippen LogP contribution in [0.4, 0.5) is 11.5 Å². The second kappa shape index (κ2) is 8.40. The van der Waals surface area contributed by atoms with Crippen molar-refractivity contribution in [1.29, 1.82) is 0 Å². The van der Waals surface area contributed by atoms with Crippen LogP contribution in [0.2, 0.25) is 0 Å². The minimum atomic E-state index is -3.52. The number of hydrogen-bond acceptors (Lipinski definition) is 8. The van der Waals surface area contributed by atoms with Gasteiger partial charge >= 0.3 is 0 Å². The number of nitrogens with one attached hydrogen (secondary N) is 1.